The Labute approximate surface area is 117 Å². The van der Waals surface area contributed by atoms with Gasteiger partial charge in [-0.3, -0.25) is 9.59 Å². The molecule has 0 aliphatic carbocycles. The Morgan fingerprint density at radius 3 is 2.80 bits per heavy atom. The summed E-state index contributed by atoms with van der Waals surface area (Å²) in [6, 6.07) is 5.47. The maximum atomic E-state index is 12.8. The van der Waals surface area contributed by atoms with Crippen LogP contribution in [0.15, 0.2) is 30.3 Å². The number of carbonyl (C=O) groups excluding carboxylic acids is 2. The average Bonchev–Trinajstić information content (AvgIpc) is 2.46. The van der Waals surface area contributed by atoms with Crippen LogP contribution in [-0.4, -0.2) is 35.8 Å². The third kappa shape index (κ3) is 3.23. The molecule has 0 aromatic heterocycles. The van der Waals surface area contributed by atoms with E-state index in [1.165, 1.54) is 18.2 Å². The van der Waals surface area contributed by atoms with E-state index in [0.29, 0.717) is 19.5 Å². The van der Waals surface area contributed by atoms with Gasteiger partial charge in [0.1, 0.15) is 11.9 Å². The first-order valence-corrected chi connectivity index (χ1v) is 6.63. The van der Waals surface area contributed by atoms with Gasteiger partial charge in [0.25, 0.3) is 0 Å². The first kappa shape index (κ1) is 14.2. The van der Waals surface area contributed by atoms with Crippen LogP contribution in [0.1, 0.15) is 18.9 Å². The first-order valence-electron chi connectivity index (χ1n) is 6.63. The van der Waals surface area contributed by atoms with Crippen LogP contribution in [0.3, 0.4) is 0 Å². The maximum Gasteiger partial charge on any atom is 0.247 e. The Kier molecular flexibility index (Phi) is 4.50. The first-order chi connectivity index (χ1) is 9.61. The maximum absolute atomic E-state index is 12.8. The zero-order valence-electron chi connectivity index (χ0n) is 11.3. The molecule has 0 spiro atoms. The molecule has 1 aliphatic rings. The molecule has 1 atom stereocenters. The molecule has 1 heterocycles. The number of amides is 2. The highest BCUT2D eigenvalue weighted by atomic mass is 19.1. The van der Waals surface area contributed by atoms with Gasteiger partial charge in [0.15, 0.2) is 0 Å². The van der Waals surface area contributed by atoms with E-state index >= 15 is 0 Å². The summed E-state index contributed by atoms with van der Waals surface area (Å²) in [5.74, 6) is -0.620. The van der Waals surface area contributed by atoms with Gasteiger partial charge in [-0.05, 0) is 30.2 Å². The highest BCUT2D eigenvalue weighted by molar-refractivity contribution is 5.96. The highest BCUT2D eigenvalue weighted by Gasteiger charge is 2.30. The molecule has 1 N–H and O–H groups in total. The van der Waals surface area contributed by atoms with Crippen LogP contribution in [0, 0.1) is 5.82 Å². The number of nitrogens with one attached hydrogen (secondary N) is 1. The van der Waals surface area contributed by atoms with Gasteiger partial charge in [0.2, 0.25) is 11.8 Å². The topological polar surface area (TPSA) is 49.4 Å². The van der Waals surface area contributed by atoms with Crippen molar-refractivity contribution in [3.63, 3.8) is 0 Å². The van der Waals surface area contributed by atoms with Crippen LogP contribution in [0.2, 0.25) is 0 Å². The molecular weight excluding hydrogens is 259 g/mol. The van der Waals surface area contributed by atoms with Gasteiger partial charge in [0, 0.05) is 19.2 Å². The van der Waals surface area contributed by atoms with Crippen molar-refractivity contribution in [2.45, 2.75) is 19.4 Å². The summed E-state index contributed by atoms with van der Waals surface area (Å²) < 4.78 is 12.8. The van der Waals surface area contributed by atoms with Crippen molar-refractivity contribution in [3.8, 4) is 0 Å². The third-order valence-electron chi connectivity index (χ3n) is 3.29. The summed E-state index contributed by atoms with van der Waals surface area (Å²) in [6.45, 7) is 2.86. The normalized spacial score (nSPS) is 19.2. The second kappa shape index (κ2) is 6.32. The van der Waals surface area contributed by atoms with Gasteiger partial charge in [0.05, 0.1) is 0 Å². The van der Waals surface area contributed by atoms with Crippen molar-refractivity contribution >= 4 is 17.9 Å². The van der Waals surface area contributed by atoms with Gasteiger partial charge >= 0.3 is 0 Å². The van der Waals surface area contributed by atoms with E-state index in [1.807, 2.05) is 6.92 Å². The van der Waals surface area contributed by atoms with Crippen molar-refractivity contribution < 1.29 is 14.0 Å². The van der Waals surface area contributed by atoms with E-state index in [9.17, 15) is 14.0 Å². The summed E-state index contributed by atoms with van der Waals surface area (Å²) in [6.07, 6.45) is 3.64. The summed E-state index contributed by atoms with van der Waals surface area (Å²) >= 11 is 0. The second-order valence-electron chi connectivity index (χ2n) is 4.63. The number of halogens is 1. The fourth-order valence-corrected chi connectivity index (χ4v) is 2.22. The molecule has 4 nitrogen and oxygen atoms in total. The lowest BCUT2D eigenvalue weighted by Crippen LogP contribution is -2.56. The molecule has 1 aliphatic heterocycles. The molecule has 1 aromatic rings. The Bertz CT molecular complexity index is 525. The van der Waals surface area contributed by atoms with E-state index in [4.69, 9.17) is 0 Å². The fraction of sp³-hybridized carbons (Fsp3) is 0.333. The Hall–Kier alpha value is -2.17. The Balaban J connectivity index is 2.06. The van der Waals surface area contributed by atoms with E-state index in [-0.39, 0.29) is 17.6 Å². The van der Waals surface area contributed by atoms with Crippen molar-refractivity contribution in [2.75, 3.05) is 13.1 Å². The predicted octanol–water partition coefficient (Wildman–Crippen LogP) is 1.58. The number of benzene rings is 1. The molecule has 1 aromatic carbocycles. The van der Waals surface area contributed by atoms with Gasteiger partial charge < -0.3 is 10.2 Å². The molecular formula is C15H17FN2O2. The summed E-state index contributed by atoms with van der Waals surface area (Å²) in [7, 11) is 0. The van der Waals surface area contributed by atoms with Crippen LogP contribution >= 0.6 is 0 Å². The number of hydrogen-bond donors (Lipinski definition) is 1. The van der Waals surface area contributed by atoms with E-state index in [1.54, 1.807) is 23.1 Å². The molecule has 106 valence electrons. The van der Waals surface area contributed by atoms with Crippen molar-refractivity contribution in [2.24, 2.45) is 0 Å². The standard InChI is InChI=1S/C15H17FN2O2/c1-2-13-15(20)17-9-10-18(13)14(19)8-5-11-3-6-12(16)7-4-11/h3-8,13H,2,9-10H2,1H3,(H,17,20)/b8-5+/t13-/m0/s1. The van der Waals surface area contributed by atoms with E-state index in [0.717, 1.165) is 5.56 Å². The SMILES string of the molecule is CC[C@H]1C(=O)NCCN1C(=O)/C=C/c1ccc(F)cc1. The highest BCUT2D eigenvalue weighted by Crippen LogP contribution is 2.11. The average molecular weight is 276 g/mol. The predicted molar refractivity (Wildman–Crippen MR) is 74.2 cm³/mol. The molecule has 0 bridgehead atoms. The van der Waals surface area contributed by atoms with Crippen molar-refractivity contribution in [1.82, 2.24) is 10.2 Å². The van der Waals surface area contributed by atoms with Crippen LogP contribution in [0.4, 0.5) is 4.39 Å². The van der Waals surface area contributed by atoms with Crippen LogP contribution in [-0.2, 0) is 9.59 Å². The summed E-state index contributed by atoms with van der Waals surface area (Å²) in [5.41, 5.74) is 0.745. The van der Waals surface area contributed by atoms with E-state index < -0.39 is 6.04 Å². The van der Waals surface area contributed by atoms with Crippen molar-refractivity contribution in [3.05, 3.63) is 41.7 Å². The zero-order valence-corrected chi connectivity index (χ0v) is 11.3. The largest absolute Gasteiger partial charge is 0.353 e. The molecule has 20 heavy (non-hydrogen) atoms. The molecule has 0 saturated carbocycles. The van der Waals surface area contributed by atoms with Gasteiger partial charge in [-0.2, -0.15) is 0 Å². The number of hydrogen-bond acceptors (Lipinski definition) is 2. The van der Waals surface area contributed by atoms with Gasteiger partial charge in [-0.15, -0.1) is 0 Å². The lowest BCUT2D eigenvalue weighted by Gasteiger charge is -2.33. The number of piperazine rings is 1. The molecule has 2 amide bonds. The van der Waals surface area contributed by atoms with E-state index in [2.05, 4.69) is 5.32 Å². The molecule has 1 saturated heterocycles. The summed E-state index contributed by atoms with van der Waals surface area (Å²) in [4.78, 5) is 25.4. The second-order valence-corrected chi connectivity index (χ2v) is 4.63. The third-order valence-corrected chi connectivity index (χ3v) is 3.29. The minimum Gasteiger partial charge on any atom is -0.353 e. The van der Waals surface area contributed by atoms with Gasteiger partial charge in [-0.25, -0.2) is 4.39 Å². The van der Waals surface area contributed by atoms with Crippen LogP contribution in [0.5, 0.6) is 0 Å². The Morgan fingerprint density at radius 2 is 2.15 bits per heavy atom. The number of carbonyl (C=O) groups is 2. The van der Waals surface area contributed by atoms with Gasteiger partial charge in [-0.1, -0.05) is 19.1 Å². The molecule has 2 rings (SSSR count). The molecule has 0 radical (unpaired) electrons. The molecule has 0 unspecified atom stereocenters. The lowest BCUT2D eigenvalue weighted by molar-refractivity contribution is -0.140. The lowest BCUT2D eigenvalue weighted by atomic mass is 10.1. The molecule has 5 heteroatoms. The monoisotopic (exact) mass is 276 g/mol. The quantitative estimate of drug-likeness (QED) is 0.852. The zero-order chi connectivity index (χ0) is 14.5. The van der Waals surface area contributed by atoms with Crippen LogP contribution in [0.25, 0.3) is 6.08 Å². The number of rotatable bonds is 3. The van der Waals surface area contributed by atoms with Crippen molar-refractivity contribution in [1.29, 1.82) is 0 Å². The minimum absolute atomic E-state index is 0.109. The minimum atomic E-state index is -0.408. The smallest absolute Gasteiger partial charge is 0.247 e. The van der Waals surface area contributed by atoms with Crippen LogP contribution < -0.4 is 5.32 Å². The fourth-order valence-electron chi connectivity index (χ4n) is 2.22. The molecule has 1 fully saturated rings. The Morgan fingerprint density at radius 1 is 1.45 bits per heavy atom. The number of nitrogens with zero attached hydrogens (tertiary/aromatic N) is 1. The summed E-state index contributed by atoms with van der Waals surface area (Å²) in [5, 5.41) is 2.75.